The van der Waals surface area contributed by atoms with Gasteiger partial charge in [0.15, 0.2) is 17.3 Å². The number of unbranched alkanes of at least 4 members (excludes halogenated alkanes) is 1. The molecule has 0 saturated carbocycles. The van der Waals surface area contributed by atoms with Crippen molar-refractivity contribution in [3.8, 4) is 11.5 Å². The summed E-state index contributed by atoms with van der Waals surface area (Å²) >= 11 is 0. The van der Waals surface area contributed by atoms with Gasteiger partial charge < -0.3 is 14.4 Å². The van der Waals surface area contributed by atoms with Crippen molar-refractivity contribution in [1.29, 1.82) is 0 Å². The molecular weight excluding hydrogens is 404 g/mol. The molecule has 1 aromatic heterocycles. The third kappa shape index (κ3) is 4.41. The average molecular weight is 435 g/mol. The van der Waals surface area contributed by atoms with E-state index >= 15 is 0 Å². The van der Waals surface area contributed by atoms with Gasteiger partial charge in [0.05, 0.1) is 12.6 Å². The van der Waals surface area contributed by atoms with E-state index in [0.29, 0.717) is 6.54 Å². The van der Waals surface area contributed by atoms with Crippen molar-refractivity contribution in [3.05, 3.63) is 59.9 Å². The SMILES string of the molecule is CCCC[C@@H](c1nnnn1Cc1ccc2c(c1)OCO2)N1CCN(c2ccccc2)CC1. The Bertz CT molecular complexity index is 1020. The van der Waals surface area contributed by atoms with E-state index in [1.165, 1.54) is 5.69 Å². The quantitative estimate of drug-likeness (QED) is 0.537. The average Bonchev–Trinajstić information content (AvgIpc) is 3.50. The lowest BCUT2D eigenvalue weighted by Gasteiger charge is -2.39. The number of tetrazole rings is 1. The van der Waals surface area contributed by atoms with Crippen LogP contribution in [0.2, 0.25) is 0 Å². The molecule has 0 spiro atoms. The van der Waals surface area contributed by atoms with E-state index in [-0.39, 0.29) is 12.8 Å². The summed E-state index contributed by atoms with van der Waals surface area (Å²) in [6, 6.07) is 16.9. The van der Waals surface area contributed by atoms with Crippen LogP contribution in [0.4, 0.5) is 5.69 Å². The highest BCUT2D eigenvalue weighted by atomic mass is 16.7. The number of hydrogen-bond acceptors (Lipinski definition) is 7. The topological polar surface area (TPSA) is 68.5 Å². The van der Waals surface area contributed by atoms with Crippen molar-refractivity contribution in [2.24, 2.45) is 0 Å². The first kappa shape index (κ1) is 20.8. The highest BCUT2D eigenvalue weighted by Gasteiger charge is 2.29. The molecule has 1 fully saturated rings. The fourth-order valence-corrected chi connectivity index (χ4v) is 4.58. The third-order valence-electron chi connectivity index (χ3n) is 6.33. The molecule has 0 amide bonds. The Morgan fingerprint density at radius 1 is 0.969 bits per heavy atom. The highest BCUT2D eigenvalue weighted by Crippen LogP contribution is 2.33. The lowest BCUT2D eigenvalue weighted by Crippen LogP contribution is -2.48. The smallest absolute Gasteiger partial charge is 0.231 e. The van der Waals surface area contributed by atoms with Gasteiger partial charge in [0, 0.05) is 31.9 Å². The van der Waals surface area contributed by atoms with Gasteiger partial charge >= 0.3 is 0 Å². The number of ether oxygens (including phenoxy) is 2. The van der Waals surface area contributed by atoms with Gasteiger partial charge in [-0.3, -0.25) is 4.90 Å². The minimum atomic E-state index is 0.219. The number of benzene rings is 2. The van der Waals surface area contributed by atoms with Gasteiger partial charge in [0.1, 0.15) is 0 Å². The number of fused-ring (bicyclic) bond motifs is 1. The molecule has 1 atom stereocenters. The van der Waals surface area contributed by atoms with Crippen LogP contribution in [0.25, 0.3) is 0 Å². The zero-order chi connectivity index (χ0) is 21.8. The summed E-state index contributed by atoms with van der Waals surface area (Å²) in [5, 5.41) is 12.9. The van der Waals surface area contributed by atoms with Crippen molar-refractivity contribution < 1.29 is 9.47 Å². The normalized spacial score (nSPS) is 17.0. The first-order valence-electron chi connectivity index (χ1n) is 11.5. The van der Waals surface area contributed by atoms with Crippen LogP contribution in [0.1, 0.15) is 43.6 Å². The second-order valence-corrected chi connectivity index (χ2v) is 8.40. The molecule has 2 aliphatic rings. The number of para-hydroxylation sites is 1. The van der Waals surface area contributed by atoms with E-state index in [4.69, 9.17) is 9.47 Å². The summed E-state index contributed by atoms with van der Waals surface area (Å²) < 4.78 is 12.9. The van der Waals surface area contributed by atoms with Gasteiger partial charge in [-0.1, -0.05) is 44.0 Å². The molecule has 0 aliphatic carbocycles. The van der Waals surface area contributed by atoms with E-state index in [1.54, 1.807) is 0 Å². The Morgan fingerprint density at radius 2 is 1.78 bits per heavy atom. The van der Waals surface area contributed by atoms with Gasteiger partial charge in [-0.2, -0.15) is 0 Å². The zero-order valence-electron chi connectivity index (χ0n) is 18.6. The molecule has 32 heavy (non-hydrogen) atoms. The van der Waals surface area contributed by atoms with Crippen molar-refractivity contribution >= 4 is 5.69 Å². The Hall–Kier alpha value is -3.13. The molecule has 3 heterocycles. The Balaban J connectivity index is 1.31. The van der Waals surface area contributed by atoms with Crippen LogP contribution in [-0.4, -0.2) is 58.1 Å². The number of aromatic nitrogens is 4. The fourth-order valence-electron chi connectivity index (χ4n) is 4.58. The van der Waals surface area contributed by atoms with Crippen LogP contribution in [-0.2, 0) is 6.54 Å². The summed E-state index contributed by atoms with van der Waals surface area (Å²) in [5.41, 5.74) is 2.40. The summed E-state index contributed by atoms with van der Waals surface area (Å²) in [6.07, 6.45) is 3.37. The lowest BCUT2D eigenvalue weighted by atomic mass is 10.1. The van der Waals surface area contributed by atoms with Crippen LogP contribution < -0.4 is 14.4 Å². The zero-order valence-corrected chi connectivity index (χ0v) is 18.6. The summed E-state index contributed by atoms with van der Waals surface area (Å²) in [7, 11) is 0. The second-order valence-electron chi connectivity index (χ2n) is 8.40. The van der Waals surface area contributed by atoms with E-state index in [2.05, 4.69) is 68.6 Å². The van der Waals surface area contributed by atoms with E-state index < -0.39 is 0 Å². The van der Waals surface area contributed by atoms with Crippen LogP contribution in [0.5, 0.6) is 11.5 Å². The molecule has 0 radical (unpaired) electrons. The molecule has 8 heteroatoms. The van der Waals surface area contributed by atoms with E-state index in [1.807, 2.05) is 16.8 Å². The van der Waals surface area contributed by atoms with Crippen molar-refractivity contribution in [1.82, 2.24) is 25.1 Å². The number of hydrogen-bond donors (Lipinski definition) is 0. The van der Waals surface area contributed by atoms with E-state index in [9.17, 15) is 0 Å². The number of nitrogens with zero attached hydrogens (tertiary/aromatic N) is 6. The van der Waals surface area contributed by atoms with E-state index in [0.717, 1.165) is 68.3 Å². The minimum Gasteiger partial charge on any atom is -0.454 e. The maximum absolute atomic E-state index is 5.53. The predicted octanol–water partition coefficient (Wildman–Crippen LogP) is 3.50. The fraction of sp³-hybridized carbons (Fsp3) is 0.458. The van der Waals surface area contributed by atoms with Gasteiger partial charge in [-0.05, 0) is 46.7 Å². The molecule has 3 aromatic rings. The second kappa shape index (κ2) is 9.56. The Kier molecular flexibility index (Phi) is 6.20. The predicted molar refractivity (Wildman–Crippen MR) is 122 cm³/mol. The molecular formula is C24H30N6O2. The highest BCUT2D eigenvalue weighted by molar-refractivity contribution is 5.46. The van der Waals surface area contributed by atoms with Crippen LogP contribution in [0.15, 0.2) is 48.5 Å². The molecule has 0 bridgehead atoms. The minimum absolute atomic E-state index is 0.219. The number of anilines is 1. The maximum Gasteiger partial charge on any atom is 0.231 e. The summed E-state index contributed by atoms with van der Waals surface area (Å²) in [6.45, 7) is 7.15. The Labute approximate surface area is 188 Å². The van der Waals surface area contributed by atoms with Crippen molar-refractivity contribution in [2.45, 2.75) is 38.8 Å². The number of piperazine rings is 1. The van der Waals surface area contributed by atoms with Crippen molar-refractivity contribution in [2.75, 3.05) is 37.9 Å². The third-order valence-corrected chi connectivity index (χ3v) is 6.33. The van der Waals surface area contributed by atoms with Crippen LogP contribution >= 0.6 is 0 Å². The summed E-state index contributed by atoms with van der Waals surface area (Å²) in [5.74, 6) is 2.53. The monoisotopic (exact) mass is 434 g/mol. The molecule has 8 nitrogen and oxygen atoms in total. The van der Waals surface area contributed by atoms with Gasteiger partial charge in [0.25, 0.3) is 0 Å². The van der Waals surface area contributed by atoms with Gasteiger partial charge in [-0.25, -0.2) is 4.68 Å². The largest absolute Gasteiger partial charge is 0.454 e. The molecule has 0 unspecified atom stereocenters. The lowest BCUT2D eigenvalue weighted by molar-refractivity contribution is 0.163. The maximum atomic E-state index is 5.53. The molecule has 0 N–H and O–H groups in total. The molecule has 1 saturated heterocycles. The van der Waals surface area contributed by atoms with Crippen LogP contribution in [0, 0.1) is 0 Å². The molecule has 2 aliphatic heterocycles. The van der Waals surface area contributed by atoms with Crippen LogP contribution in [0.3, 0.4) is 0 Å². The van der Waals surface area contributed by atoms with Gasteiger partial charge in [0.2, 0.25) is 6.79 Å². The first-order chi connectivity index (χ1) is 15.8. The summed E-state index contributed by atoms with van der Waals surface area (Å²) in [4.78, 5) is 5.01. The molecule has 2 aromatic carbocycles. The van der Waals surface area contributed by atoms with Crippen molar-refractivity contribution in [3.63, 3.8) is 0 Å². The standard InChI is InChI=1S/C24H30N6O2/c1-2-3-9-21(29-14-12-28(13-15-29)20-7-5-4-6-8-20)24-25-26-27-30(24)17-19-10-11-22-23(16-19)32-18-31-22/h4-8,10-11,16,21H,2-3,9,12-15,17-18H2,1H3/t21-/m0/s1. The Morgan fingerprint density at radius 3 is 2.59 bits per heavy atom. The number of rotatable bonds is 8. The first-order valence-corrected chi connectivity index (χ1v) is 11.5. The molecule has 168 valence electrons. The van der Waals surface area contributed by atoms with Gasteiger partial charge in [-0.15, -0.1) is 5.10 Å². The molecule has 5 rings (SSSR count).